The number of likely N-dealkylation sites (tertiary alicyclic amines) is 1. The number of hydrogen-bond acceptors (Lipinski definition) is 4. The summed E-state index contributed by atoms with van der Waals surface area (Å²) in [4.78, 5) is 10.9. The zero-order valence-electron chi connectivity index (χ0n) is 11.8. The number of nitrogens with zero attached hydrogens (tertiary/aromatic N) is 3. The fourth-order valence-corrected chi connectivity index (χ4v) is 2.11. The van der Waals surface area contributed by atoms with Crippen LogP contribution in [0, 0.1) is 13.8 Å². The second-order valence-electron chi connectivity index (χ2n) is 4.81. The van der Waals surface area contributed by atoms with Crippen LogP contribution in [0.5, 0.6) is 0 Å². The van der Waals surface area contributed by atoms with Gasteiger partial charge in [-0.25, -0.2) is 9.98 Å². The lowest BCUT2D eigenvalue weighted by Crippen LogP contribution is -2.40. The van der Waals surface area contributed by atoms with E-state index in [1.807, 2.05) is 20.8 Å². The predicted molar refractivity (Wildman–Crippen MR) is 73.0 cm³/mol. The highest BCUT2D eigenvalue weighted by atomic mass is 16.4. The van der Waals surface area contributed by atoms with Gasteiger partial charge in [-0.15, -0.1) is 0 Å². The fraction of sp³-hybridized carbons (Fsp3) is 0.692. The summed E-state index contributed by atoms with van der Waals surface area (Å²) in [7, 11) is 0. The van der Waals surface area contributed by atoms with Crippen LogP contribution < -0.4 is 5.32 Å². The Morgan fingerprint density at radius 2 is 2.37 bits per heavy atom. The topological polar surface area (TPSA) is 73.9 Å². The molecule has 6 nitrogen and oxygen atoms in total. The lowest BCUT2D eigenvalue weighted by Gasteiger charge is -2.20. The summed E-state index contributed by atoms with van der Waals surface area (Å²) in [6.07, 6.45) is 0.539. The van der Waals surface area contributed by atoms with E-state index in [-0.39, 0.29) is 6.10 Å². The second kappa shape index (κ2) is 6.06. The van der Waals surface area contributed by atoms with Gasteiger partial charge in [0.15, 0.2) is 5.96 Å². The Morgan fingerprint density at radius 3 is 2.89 bits per heavy atom. The highest BCUT2D eigenvalue weighted by Crippen LogP contribution is 2.11. The molecule has 106 valence electrons. The van der Waals surface area contributed by atoms with Crippen molar-refractivity contribution < 1.29 is 9.52 Å². The highest BCUT2D eigenvalue weighted by Gasteiger charge is 2.22. The summed E-state index contributed by atoms with van der Waals surface area (Å²) in [5.41, 5.74) is 0.909. The van der Waals surface area contributed by atoms with Crippen molar-refractivity contribution in [2.24, 2.45) is 4.99 Å². The Kier molecular flexibility index (Phi) is 4.42. The monoisotopic (exact) mass is 266 g/mol. The van der Waals surface area contributed by atoms with Gasteiger partial charge in [0.05, 0.1) is 11.8 Å². The Balaban J connectivity index is 2.03. The van der Waals surface area contributed by atoms with Crippen LogP contribution in [0.25, 0.3) is 0 Å². The van der Waals surface area contributed by atoms with Crippen molar-refractivity contribution in [2.45, 2.75) is 39.8 Å². The van der Waals surface area contributed by atoms with Crippen LogP contribution in [0.3, 0.4) is 0 Å². The van der Waals surface area contributed by atoms with E-state index in [0.717, 1.165) is 36.9 Å². The van der Waals surface area contributed by atoms with Gasteiger partial charge in [0.25, 0.3) is 0 Å². The number of aliphatic hydroxyl groups excluding tert-OH is 1. The summed E-state index contributed by atoms with van der Waals surface area (Å²) < 4.78 is 5.51. The van der Waals surface area contributed by atoms with Crippen LogP contribution in [-0.4, -0.2) is 46.7 Å². The molecule has 1 aliphatic heterocycles. The van der Waals surface area contributed by atoms with Gasteiger partial charge >= 0.3 is 0 Å². The number of aliphatic imine (C=N–C) groups is 1. The Bertz CT molecular complexity index is 436. The van der Waals surface area contributed by atoms with E-state index in [2.05, 4.69) is 20.2 Å². The maximum absolute atomic E-state index is 9.59. The second-order valence-corrected chi connectivity index (χ2v) is 4.81. The molecule has 1 aromatic rings. The molecule has 0 aliphatic carbocycles. The molecule has 1 saturated heterocycles. The number of rotatable bonds is 3. The van der Waals surface area contributed by atoms with E-state index in [4.69, 9.17) is 4.42 Å². The van der Waals surface area contributed by atoms with Gasteiger partial charge in [0.2, 0.25) is 5.89 Å². The molecule has 2 N–H and O–H groups in total. The van der Waals surface area contributed by atoms with Crippen molar-refractivity contribution >= 4 is 5.96 Å². The van der Waals surface area contributed by atoms with Crippen LogP contribution in [0.2, 0.25) is 0 Å². The van der Waals surface area contributed by atoms with E-state index in [1.165, 1.54) is 0 Å². The lowest BCUT2D eigenvalue weighted by molar-refractivity contribution is 0.187. The van der Waals surface area contributed by atoms with Crippen LogP contribution in [0.15, 0.2) is 9.41 Å². The van der Waals surface area contributed by atoms with Gasteiger partial charge < -0.3 is 19.7 Å². The highest BCUT2D eigenvalue weighted by molar-refractivity contribution is 5.80. The van der Waals surface area contributed by atoms with E-state index in [9.17, 15) is 5.11 Å². The summed E-state index contributed by atoms with van der Waals surface area (Å²) >= 11 is 0. The molecule has 2 rings (SSSR count). The first kappa shape index (κ1) is 13.9. The number of hydrogen-bond donors (Lipinski definition) is 2. The average molecular weight is 266 g/mol. The minimum absolute atomic E-state index is 0.255. The zero-order chi connectivity index (χ0) is 13.8. The Labute approximate surface area is 113 Å². The molecule has 6 heteroatoms. The number of β-amino-alcohol motifs (C(OH)–C–C–N with tert-alkyl or cyclic N) is 1. The van der Waals surface area contributed by atoms with Crippen LogP contribution >= 0.6 is 0 Å². The predicted octanol–water partition coefficient (Wildman–Crippen LogP) is 0.824. The maximum Gasteiger partial charge on any atom is 0.216 e. The van der Waals surface area contributed by atoms with Gasteiger partial charge in [-0.2, -0.15) is 0 Å². The minimum Gasteiger partial charge on any atom is -0.444 e. The SMILES string of the molecule is CCNC(=NCc1nc(C)c(C)o1)N1CC[C@@H](O)C1. The fourth-order valence-electron chi connectivity index (χ4n) is 2.11. The van der Waals surface area contributed by atoms with Crippen molar-refractivity contribution in [3.63, 3.8) is 0 Å². The molecule has 0 spiro atoms. The van der Waals surface area contributed by atoms with Crippen molar-refractivity contribution in [3.8, 4) is 0 Å². The van der Waals surface area contributed by atoms with E-state index in [1.54, 1.807) is 0 Å². The number of aliphatic hydroxyl groups is 1. The van der Waals surface area contributed by atoms with Gasteiger partial charge in [-0.05, 0) is 27.2 Å². The third-order valence-corrected chi connectivity index (χ3v) is 3.23. The molecule has 1 aliphatic rings. The van der Waals surface area contributed by atoms with E-state index >= 15 is 0 Å². The van der Waals surface area contributed by atoms with Crippen molar-refractivity contribution in [3.05, 3.63) is 17.3 Å². The zero-order valence-corrected chi connectivity index (χ0v) is 11.8. The first-order chi connectivity index (χ1) is 9.10. The largest absolute Gasteiger partial charge is 0.444 e. The normalized spacial score (nSPS) is 20.1. The minimum atomic E-state index is -0.255. The molecule has 1 atom stereocenters. The van der Waals surface area contributed by atoms with Crippen molar-refractivity contribution in [2.75, 3.05) is 19.6 Å². The van der Waals surface area contributed by atoms with E-state index < -0.39 is 0 Å². The summed E-state index contributed by atoms with van der Waals surface area (Å²) in [6.45, 7) is 8.54. The first-order valence-electron chi connectivity index (χ1n) is 6.74. The van der Waals surface area contributed by atoms with Gasteiger partial charge in [0, 0.05) is 19.6 Å². The molecular formula is C13H22N4O2. The standard InChI is InChI=1S/C13H22N4O2/c1-4-14-13(17-6-5-11(18)8-17)15-7-12-16-9(2)10(3)19-12/h11,18H,4-8H2,1-3H3,(H,14,15)/t11-/m1/s1. The van der Waals surface area contributed by atoms with Gasteiger partial charge in [0.1, 0.15) is 12.3 Å². The third-order valence-electron chi connectivity index (χ3n) is 3.23. The number of aromatic nitrogens is 1. The smallest absolute Gasteiger partial charge is 0.216 e. The molecule has 19 heavy (non-hydrogen) atoms. The molecule has 1 fully saturated rings. The average Bonchev–Trinajstić information content (AvgIpc) is 2.92. The maximum atomic E-state index is 9.59. The third kappa shape index (κ3) is 3.47. The number of nitrogens with one attached hydrogen (secondary N) is 1. The Morgan fingerprint density at radius 1 is 1.58 bits per heavy atom. The molecule has 0 unspecified atom stereocenters. The summed E-state index contributed by atoms with van der Waals surface area (Å²) in [6, 6.07) is 0. The van der Waals surface area contributed by atoms with Crippen LogP contribution in [0.1, 0.15) is 30.7 Å². The lowest BCUT2D eigenvalue weighted by atomic mass is 10.3. The molecule has 0 aromatic carbocycles. The van der Waals surface area contributed by atoms with Crippen molar-refractivity contribution in [1.29, 1.82) is 0 Å². The summed E-state index contributed by atoms with van der Waals surface area (Å²) in [5.74, 6) is 2.28. The van der Waals surface area contributed by atoms with Crippen LogP contribution in [0.4, 0.5) is 0 Å². The van der Waals surface area contributed by atoms with Crippen LogP contribution in [-0.2, 0) is 6.54 Å². The van der Waals surface area contributed by atoms with Gasteiger partial charge in [-0.1, -0.05) is 0 Å². The summed E-state index contributed by atoms with van der Waals surface area (Å²) in [5, 5.41) is 12.8. The quantitative estimate of drug-likeness (QED) is 0.626. The molecule has 0 bridgehead atoms. The molecular weight excluding hydrogens is 244 g/mol. The Hall–Kier alpha value is -1.56. The first-order valence-corrected chi connectivity index (χ1v) is 6.74. The molecule has 2 heterocycles. The molecule has 1 aromatic heterocycles. The number of oxazole rings is 1. The number of guanidine groups is 1. The molecule has 0 saturated carbocycles. The van der Waals surface area contributed by atoms with Crippen molar-refractivity contribution in [1.82, 2.24) is 15.2 Å². The molecule has 0 radical (unpaired) electrons. The van der Waals surface area contributed by atoms with Gasteiger partial charge in [-0.3, -0.25) is 0 Å². The van der Waals surface area contributed by atoms with E-state index in [0.29, 0.717) is 19.0 Å². The number of aryl methyl sites for hydroxylation is 2. The molecule has 0 amide bonds.